The topological polar surface area (TPSA) is 65.1 Å². The van der Waals surface area contributed by atoms with Gasteiger partial charge in [-0.15, -0.1) is 0 Å². The van der Waals surface area contributed by atoms with Crippen LogP contribution in [0.3, 0.4) is 0 Å². The maximum atomic E-state index is 13.5. The molecule has 3 aromatic rings. The molecule has 0 saturated carbocycles. The molecule has 0 saturated heterocycles. The minimum absolute atomic E-state index is 0.210. The molecule has 0 fully saturated rings. The van der Waals surface area contributed by atoms with Crippen molar-refractivity contribution in [3.8, 4) is 0 Å². The summed E-state index contributed by atoms with van der Waals surface area (Å²) in [6.07, 6.45) is 9.05. The highest BCUT2D eigenvalue weighted by Crippen LogP contribution is 2.33. The second-order valence-electron chi connectivity index (χ2n) is 9.85. The predicted octanol–water partition coefficient (Wildman–Crippen LogP) is 5.00. The van der Waals surface area contributed by atoms with E-state index >= 15 is 0 Å². The van der Waals surface area contributed by atoms with Crippen LogP contribution in [-0.4, -0.2) is 25.2 Å². The van der Waals surface area contributed by atoms with E-state index in [2.05, 4.69) is 49.9 Å². The van der Waals surface area contributed by atoms with Crippen molar-refractivity contribution in [3.05, 3.63) is 50.7 Å². The van der Waals surface area contributed by atoms with Crippen LogP contribution in [0.4, 0.5) is 11.6 Å². The summed E-state index contributed by atoms with van der Waals surface area (Å²) < 4.78 is 5.00. The fourth-order valence-electron chi connectivity index (χ4n) is 5.06. The van der Waals surface area contributed by atoms with E-state index < -0.39 is 0 Å². The first-order valence-electron chi connectivity index (χ1n) is 13.0. The van der Waals surface area contributed by atoms with Crippen LogP contribution in [0, 0.1) is 5.92 Å². The van der Waals surface area contributed by atoms with Gasteiger partial charge < -0.3 is 9.47 Å². The average molecular weight is 466 g/mol. The number of aryl methyl sites for hydroxylation is 2. The molecule has 1 atom stereocenters. The van der Waals surface area contributed by atoms with E-state index in [9.17, 15) is 9.59 Å². The maximum absolute atomic E-state index is 13.5. The van der Waals surface area contributed by atoms with Gasteiger partial charge in [0.05, 0.1) is 0 Å². The summed E-state index contributed by atoms with van der Waals surface area (Å²) in [5, 5.41) is 0. The number of nitrogens with zero attached hydrogens (tertiary/aromatic N) is 5. The van der Waals surface area contributed by atoms with E-state index in [4.69, 9.17) is 4.98 Å². The van der Waals surface area contributed by atoms with Crippen molar-refractivity contribution in [1.82, 2.24) is 18.7 Å². The Labute approximate surface area is 202 Å². The van der Waals surface area contributed by atoms with Gasteiger partial charge in [-0.2, -0.15) is 4.98 Å². The van der Waals surface area contributed by atoms with Crippen molar-refractivity contribution in [1.29, 1.82) is 0 Å². The summed E-state index contributed by atoms with van der Waals surface area (Å²) >= 11 is 0. The predicted molar refractivity (Wildman–Crippen MR) is 139 cm³/mol. The quantitative estimate of drug-likeness (QED) is 0.395. The molecule has 0 spiro atoms. The second kappa shape index (κ2) is 10.6. The third-order valence-electron chi connectivity index (χ3n) is 7.08. The number of aromatic nitrogens is 4. The van der Waals surface area contributed by atoms with Gasteiger partial charge in [-0.25, -0.2) is 4.79 Å². The van der Waals surface area contributed by atoms with Crippen LogP contribution in [0.15, 0.2) is 33.9 Å². The van der Waals surface area contributed by atoms with E-state index in [1.165, 1.54) is 35.8 Å². The van der Waals surface area contributed by atoms with E-state index in [1.54, 1.807) is 11.6 Å². The van der Waals surface area contributed by atoms with Crippen LogP contribution >= 0.6 is 0 Å². The highest BCUT2D eigenvalue weighted by atomic mass is 16.2. The Balaban J connectivity index is 1.67. The third-order valence-corrected chi connectivity index (χ3v) is 7.08. The lowest BCUT2D eigenvalue weighted by molar-refractivity contribution is 0.457. The van der Waals surface area contributed by atoms with Crippen LogP contribution in [0.1, 0.15) is 71.3 Å². The Morgan fingerprint density at radius 2 is 1.62 bits per heavy atom. The first kappa shape index (κ1) is 24.3. The largest absolute Gasteiger partial charge is 0.332 e. The number of anilines is 2. The molecular formula is C27H39N5O2. The first-order chi connectivity index (χ1) is 16.5. The van der Waals surface area contributed by atoms with Crippen molar-refractivity contribution in [3.63, 3.8) is 0 Å². The van der Waals surface area contributed by atoms with Crippen LogP contribution in [0.5, 0.6) is 0 Å². The molecule has 1 unspecified atom stereocenters. The van der Waals surface area contributed by atoms with Gasteiger partial charge in [0, 0.05) is 32.4 Å². The number of fused-ring (bicyclic) bond motifs is 3. The van der Waals surface area contributed by atoms with E-state index in [0.29, 0.717) is 23.6 Å². The molecule has 1 aliphatic heterocycles. The van der Waals surface area contributed by atoms with Crippen LogP contribution in [-0.2, 0) is 26.6 Å². The van der Waals surface area contributed by atoms with E-state index in [-0.39, 0.29) is 11.2 Å². The zero-order valence-corrected chi connectivity index (χ0v) is 21.2. The van der Waals surface area contributed by atoms with Crippen molar-refractivity contribution in [2.75, 3.05) is 11.4 Å². The number of benzene rings is 1. The van der Waals surface area contributed by atoms with Gasteiger partial charge >= 0.3 is 5.69 Å². The smallest absolute Gasteiger partial charge is 0.312 e. The number of hydrogen-bond acceptors (Lipinski definition) is 4. The highest BCUT2D eigenvalue weighted by Gasteiger charge is 2.29. The maximum Gasteiger partial charge on any atom is 0.332 e. The third kappa shape index (κ3) is 4.70. The summed E-state index contributed by atoms with van der Waals surface area (Å²) in [6.45, 7) is 8.58. The Morgan fingerprint density at radius 3 is 2.29 bits per heavy atom. The molecule has 0 N–H and O–H groups in total. The molecule has 1 aliphatic rings. The highest BCUT2D eigenvalue weighted by molar-refractivity contribution is 5.77. The van der Waals surface area contributed by atoms with Gasteiger partial charge in [0.2, 0.25) is 5.95 Å². The van der Waals surface area contributed by atoms with Crippen LogP contribution < -0.4 is 16.1 Å². The molecule has 3 heterocycles. The van der Waals surface area contributed by atoms with Crippen molar-refractivity contribution in [2.45, 2.75) is 85.2 Å². The summed E-state index contributed by atoms with van der Waals surface area (Å²) in [6, 6.07) is 8.54. The Morgan fingerprint density at radius 1 is 0.941 bits per heavy atom. The van der Waals surface area contributed by atoms with Gasteiger partial charge in [-0.3, -0.25) is 13.9 Å². The summed E-state index contributed by atoms with van der Waals surface area (Å²) in [7, 11) is 1.73. The SMILES string of the molecule is CCCCCCCCCn1c(=O)c2c(nc3n2CC(C)CN3c2ccc(CC)cc2)n(C)c1=O. The number of unbranched alkanes of at least 4 members (excludes halogenated alkanes) is 6. The standard InChI is InChI=1S/C27H39N5O2/c1-5-7-8-9-10-11-12-17-30-25(33)23-24(29(4)27(30)34)28-26-31(18-20(3)19-32(23)26)22-15-13-21(6-2)14-16-22/h13-16,20H,5-12,17-19H2,1-4H3. The number of hydrogen-bond donors (Lipinski definition) is 0. The lowest BCUT2D eigenvalue weighted by atomic mass is 10.1. The molecule has 0 radical (unpaired) electrons. The van der Waals surface area contributed by atoms with Crippen LogP contribution in [0.25, 0.3) is 11.2 Å². The van der Waals surface area contributed by atoms with Gasteiger partial charge in [0.25, 0.3) is 5.56 Å². The van der Waals surface area contributed by atoms with Gasteiger partial charge in [0.1, 0.15) is 0 Å². The molecule has 7 nitrogen and oxygen atoms in total. The summed E-state index contributed by atoms with van der Waals surface area (Å²) in [5.74, 6) is 1.10. The Hall–Kier alpha value is -2.83. The molecule has 4 rings (SSSR count). The Bertz CT molecular complexity index is 1240. The minimum atomic E-state index is -0.272. The van der Waals surface area contributed by atoms with Crippen molar-refractivity contribution in [2.24, 2.45) is 13.0 Å². The normalized spacial score (nSPS) is 15.8. The lowest BCUT2D eigenvalue weighted by Crippen LogP contribution is -2.40. The van der Waals surface area contributed by atoms with E-state index in [0.717, 1.165) is 50.4 Å². The zero-order chi connectivity index (χ0) is 24.2. The molecule has 184 valence electrons. The minimum Gasteiger partial charge on any atom is -0.312 e. The second-order valence-corrected chi connectivity index (χ2v) is 9.85. The summed E-state index contributed by atoms with van der Waals surface area (Å²) in [5.41, 5.74) is 2.89. The van der Waals surface area contributed by atoms with Gasteiger partial charge in [-0.1, -0.05) is 71.4 Å². The van der Waals surface area contributed by atoms with Crippen LogP contribution in [0.2, 0.25) is 0 Å². The molecular weight excluding hydrogens is 426 g/mol. The Kier molecular flexibility index (Phi) is 7.59. The average Bonchev–Trinajstić information content (AvgIpc) is 3.23. The molecule has 34 heavy (non-hydrogen) atoms. The van der Waals surface area contributed by atoms with Gasteiger partial charge in [0.15, 0.2) is 11.2 Å². The fraction of sp³-hybridized carbons (Fsp3) is 0.593. The van der Waals surface area contributed by atoms with Gasteiger partial charge in [-0.05, 0) is 36.5 Å². The van der Waals surface area contributed by atoms with Crippen molar-refractivity contribution < 1.29 is 0 Å². The molecule has 0 amide bonds. The molecule has 2 aromatic heterocycles. The fourth-order valence-corrected chi connectivity index (χ4v) is 5.06. The molecule has 0 bridgehead atoms. The molecule has 7 heteroatoms. The van der Waals surface area contributed by atoms with E-state index in [1.807, 2.05) is 4.57 Å². The molecule has 0 aliphatic carbocycles. The monoisotopic (exact) mass is 465 g/mol. The summed E-state index contributed by atoms with van der Waals surface area (Å²) in [4.78, 5) is 33.6. The number of rotatable bonds is 10. The van der Waals surface area contributed by atoms with Crippen molar-refractivity contribution >= 4 is 22.8 Å². The molecule has 1 aromatic carbocycles. The first-order valence-corrected chi connectivity index (χ1v) is 13.0. The lowest BCUT2D eigenvalue weighted by Gasteiger charge is -2.33. The zero-order valence-electron chi connectivity index (χ0n) is 21.2. The number of imidazole rings is 1.